The molecule has 1 heterocycles. The summed E-state index contributed by atoms with van der Waals surface area (Å²) < 4.78 is 91.6. The lowest BCUT2D eigenvalue weighted by Gasteiger charge is -2.32. The smallest absolute Gasteiger partial charge is 0.434 e. The van der Waals surface area contributed by atoms with Gasteiger partial charge in [0.25, 0.3) is 6.10 Å². The Balaban J connectivity index is 1.32. The van der Waals surface area contributed by atoms with E-state index in [1.807, 2.05) is 12.2 Å². The molecule has 1 saturated heterocycles. The van der Waals surface area contributed by atoms with Crippen LogP contribution in [0.4, 0.5) is 26.3 Å². The van der Waals surface area contributed by atoms with Crippen LogP contribution in [0, 0.1) is 35.0 Å². The molecule has 8 atom stereocenters. The van der Waals surface area contributed by atoms with Gasteiger partial charge in [-0.05, 0) is 37.5 Å². The first-order chi connectivity index (χ1) is 14.8. The van der Waals surface area contributed by atoms with Gasteiger partial charge in [-0.2, -0.15) is 26.3 Å². The highest BCUT2D eigenvalue weighted by Gasteiger charge is 2.76. The molecule has 4 fully saturated rings. The average molecular weight is 468 g/mol. The zero-order chi connectivity index (χ0) is 23.2. The van der Waals surface area contributed by atoms with Crippen LogP contribution in [0.1, 0.15) is 25.7 Å². The van der Waals surface area contributed by atoms with Gasteiger partial charge in [0.05, 0.1) is 5.92 Å². The van der Waals surface area contributed by atoms with Gasteiger partial charge < -0.3 is 14.2 Å². The largest absolute Gasteiger partial charge is 0.458 e. The Hall–Kier alpha value is -2.27. The van der Waals surface area contributed by atoms with Crippen molar-refractivity contribution in [1.29, 1.82) is 0 Å². The number of hydrogen-bond acceptors (Lipinski definition) is 6. The number of halogens is 6. The first-order valence-electron chi connectivity index (χ1n) is 10.3. The number of esters is 3. The second-order valence-corrected chi connectivity index (χ2v) is 9.30. The van der Waals surface area contributed by atoms with E-state index in [-0.39, 0.29) is 24.7 Å². The van der Waals surface area contributed by atoms with Crippen molar-refractivity contribution in [3.05, 3.63) is 12.2 Å². The lowest BCUT2D eigenvalue weighted by atomic mass is 9.73. The summed E-state index contributed by atoms with van der Waals surface area (Å²) in [4.78, 5) is 37.7. The summed E-state index contributed by atoms with van der Waals surface area (Å²) in [7, 11) is 0. The Labute approximate surface area is 177 Å². The quantitative estimate of drug-likeness (QED) is 0.208. The molecule has 0 aromatic carbocycles. The summed E-state index contributed by atoms with van der Waals surface area (Å²) in [5.74, 6) is -5.18. The fraction of sp³-hybridized carbons (Fsp3) is 0.750. The maximum absolute atomic E-state index is 12.8. The van der Waals surface area contributed by atoms with Gasteiger partial charge in [-0.15, -0.1) is 0 Å². The highest BCUT2D eigenvalue weighted by Crippen LogP contribution is 2.63. The third-order valence-electron chi connectivity index (χ3n) is 7.58. The Bertz CT molecular complexity index is 882. The van der Waals surface area contributed by atoms with E-state index in [9.17, 15) is 40.7 Å². The third-order valence-corrected chi connectivity index (χ3v) is 7.58. The van der Waals surface area contributed by atoms with Crippen LogP contribution >= 0.6 is 0 Å². The number of fused-ring (bicyclic) bond motifs is 3. The molecule has 0 radical (unpaired) electrons. The van der Waals surface area contributed by atoms with Crippen LogP contribution in [0.5, 0.6) is 0 Å². The van der Waals surface area contributed by atoms with Gasteiger partial charge in [-0.1, -0.05) is 12.2 Å². The summed E-state index contributed by atoms with van der Waals surface area (Å²) in [6, 6.07) is 0. The number of hydrogen-bond donors (Lipinski definition) is 0. The Morgan fingerprint density at radius 2 is 1.75 bits per heavy atom. The minimum Gasteiger partial charge on any atom is -0.458 e. The molecular weight excluding hydrogens is 450 g/mol. The van der Waals surface area contributed by atoms with Crippen molar-refractivity contribution in [2.75, 3.05) is 0 Å². The fourth-order valence-corrected chi connectivity index (χ4v) is 6.24. The summed E-state index contributed by atoms with van der Waals surface area (Å²) in [6.07, 6.45) is -12.9. The molecule has 0 aromatic heterocycles. The monoisotopic (exact) mass is 468 g/mol. The van der Waals surface area contributed by atoms with Gasteiger partial charge in [-0.3, -0.25) is 14.4 Å². The van der Waals surface area contributed by atoms with Crippen LogP contribution in [0.2, 0.25) is 0 Å². The average Bonchev–Trinajstić information content (AvgIpc) is 3.45. The molecule has 4 bridgehead atoms. The molecule has 4 aliphatic carbocycles. The number of carbonyl (C=O) groups excluding carboxylic acids is 3. The summed E-state index contributed by atoms with van der Waals surface area (Å²) in [6.45, 7) is 0. The van der Waals surface area contributed by atoms with Crippen LogP contribution in [0.25, 0.3) is 0 Å². The molecule has 1 aliphatic heterocycles. The van der Waals surface area contributed by atoms with Gasteiger partial charge in [-0.25, -0.2) is 0 Å². The minimum absolute atomic E-state index is 0.0629. The summed E-state index contributed by atoms with van der Waals surface area (Å²) >= 11 is 0. The van der Waals surface area contributed by atoms with E-state index < -0.39 is 65.8 Å². The van der Waals surface area contributed by atoms with Crippen LogP contribution < -0.4 is 0 Å². The van der Waals surface area contributed by atoms with E-state index in [2.05, 4.69) is 4.74 Å². The predicted octanol–water partition coefficient (Wildman–Crippen LogP) is 3.10. The van der Waals surface area contributed by atoms with E-state index in [0.717, 1.165) is 6.42 Å². The molecule has 0 aromatic rings. The van der Waals surface area contributed by atoms with Gasteiger partial charge >= 0.3 is 30.3 Å². The van der Waals surface area contributed by atoms with E-state index in [1.165, 1.54) is 0 Å². The van der Waals surface area contributed by atoms with E-state index in [1.54, 1.807) is 0 Å². The van der Waals surface area contributed by atoms with Crippen molar-refractivity contribution in [2.45, 2.75) is 56.3 Å². The number of allylic oxidation sites excluding steroid dienone is 2. The van der Waals surface area contributed by atoms with E-state index >= 15 is 0 Å². The summed E-state index contributed by atoms with van der Waals surface area (Å²) in [5, 5.41) is 0. The van der Waals surface area contributed by atoms with Crippen molar-refractivity contribution in [1.82, 2.24) is 0 Å². The molecule has 5 aliphatic rings. The molecule has 3 saturated carbocycles. The Kier molecular flexibility index (Phi) is 4.47. The predicted molar refractivity (Wildman–Crippen MR) is 89.2 cm³/mol. The SMILES string of the molecule is O=C(OC1C2CC3C1OC(=O)C3(C(=O)OC(C(F)(F)F)C(F)(F)F)C2)C1CC2C=CC1C2. The molecule has 8 unspecified atom stereocenters. The fourth-order valence-electron chi connectivity index (χ4n) is 6.24. The van der Waals surface area contributed by atoms with Crippen molar-refractivity contribution >= 4 is 17.9 Å². The highest BCUT2D eigenvalue weighted by molar-refractivity contribution is 6.03. The summed E-state index contributed by atoms with van der Waals surface area (Å²) in [5.41, 5.74) is -2.25. The molecule has 32 heavy (non-hydrogen) atoms. The van der Waals surface area contributed by atoms with Crippen LogP contribution in [0.15, 0.2) is 12.2 Å². The zero-order valence-corrected chi connectivity index (χ0v) is 16.3. The molecule has 176 valence electrons. The molecule has 5 rings (SSSR count). The number of rotatable bonds is 4. The Morgan fingerprint density at radius 1 is 1.06 bits per heavy atom. The number of ether oxygens (including phenoxy) is 3. The van der Waals surface area contributed by atoms with Gasteiger partial charge in [0.15, 0.2) is 5.41 Å². The lowest BCUT2D eigenvalue weighted by Crippen LogP contribution is -2.51. The van der Waals surface area contributed by atoms with E-state index in [4.69, 9.17) is 9.47 Å². The molecule has 0 spiro atoms. The maximum Gasteiger partial charge on any atom is 0.434 e. The van der Waals surface area contributed by atoms with Crippen molar-refractivity contribution in [2.24, 2.45) is 35.0 Å². The molecule has 12 heteroatoms. The van der Waals surface area contributed by atoms with Crippen molar-refractivity contribution < 1.29 is 54.9 Å². The molecule has 0 amide bonds. The third kappa shape index (κ3) is 2.97. The minimum atomic E-state index is -5.89. The van der Waals surface area contributed by atoms with Crippen LogP contribution in [-0.2, 0) is 28.6 Å². The van der Waals surface area contributed by atoms with Crippen molar-refractivity contribution in [3.8, 4) is 0 Å². The topological polar surface area (TPSA) is 78.9 Å². The Morgan fingerprint density at radius 3 is 2.31 bits per heavy atom. The highest BCUT2D eigenvalue weighted by atomic mass is 19.4. The van der Waals surface area contributed by atoms with Gasteiger partial charge in [0, 0.05) is 11.8 Å². The van der Waals surface area contributed by atoms with Crippen molar-refractivity contribution in [3.63, 3.8) is 0 Å². The van der Waals surface area contributed by atoms with Crippen LogP contribution in [-0.4, -0.2) is 48.6 Å². The first-order valence-corrected chi connectivity index (χ1v) is 10.3. The molecule has 0 N–H and O–H groups in total. The maximum atomic E-state index is 12.8. The second-order valence-electron chi connectivity index (χ2n) is 9.30. The number of carbonyl (C=O) groups is 3. The lowest BCUT2D eigenvalue weighted by molar-refractivity contribution is -0.315. The normalized spacial score (nSPS) is 41.5. The standard InChI is InChI=1S/C20H18F6O6/c21-19(22,23)15(20(24,25)26)32-17(29)18-6-9-5-11(18)13(31-16(18)28)12(9)30-14(27)10-4-7-1-2-8(10)3-7/h1-2,7-13,15H,3-6H2. The number of alkyl halides is 6. The van der Waals surface area contributed by atoms with E-state index in [0.29, 0.717) is 12.3 Å². The van der Waals surface area contributed by atoms with Gasteiger partial charge in [0.2, 0.25) is 0 Å². The molecule has 6 nitrogen and oxygen atoms in total. The first kappa shape index (κ1) is 21.6. The molecular formula is C20H18F6O6. The second kappa shape index (κ2) is 6.63. The van der Waals surface area contributed by atoms with Gasteiger partial charge in [0.1, 0.15) is 12.2 Å². The van der Waals surface area contributed by atoms with Crippen LogP contribution in [0.3, 0.4) is 0 Å². The zero-order valence-electron chi connectivity index (χ0n) is 16.3.